The van der Waals surface area contributed by atoms with Crippen LogP contribution in [0.5, 0.6) is 0 Å². The van der Waals surface area contributed by atoms with Crippen LogP contribution in [0.3, 0.4) is 0 Å². The molecule has 1 N–H and O–H groups in total. The van der Waals surface area contributed by atoms with E-state index in [2.05, 4.69) is 61.6 Å². The fourth-order valence-electron chi connectivity index (χ4n) is 2.80. The van der Waals surface area contributed by atoms with Crippen LogP contribution in [0.15, 0.2) is 42.5 Å². The third kappa shape index (κ3) is 1.90. The summed E-state index contributed by atoms with van der Waals surface area (Å²) in [5.41, 5.74) is 6.99. The molecule has 0 spiro atoms. The fourth-order valence-corrected chi connectivity index (χ4v) is 2.80. The van der Waals surface area contributed by atoms with Crippen molar-refractivity contribution in [1.82, 2.24) is 0 Å². The predicted molar refractivity (Wildman–Crippen MR) is 77.1 cm³/mol. The van der Waals surface area contributed by atoms with Gasteiger partial charge in [-0.1, -0.05) is 43.3 Å². The minimum Gasteiger partial charge on any atom is -0.378 e. The molecule has 1 heteroatoms. The van der Waals surface area contributed by atoms with E-state index in [1.807, 2.05) is 0 Å². The second-order valence-corrected chi connectivity index (χ2v) is 5.10. The van der Waals surface area contributed by atoms with Crippen LogP contribution in [-0.4, -0.2) is 0 Å². The molecule has 3 rings (SSSR count). The van der Waals surface area contributed by atoms with Gasteiger partial charge in [0.2, 0.25) is 0 Å². The van der Waals surface area contributed by atoms with Crippen LogP contribution in [-0.2, 0) is 12.8 Å². The van der Waals surface area contributed by atoms with Crippen LogP contribution in [0, 0.1) is 6.92 Å². The first-order chi connectivity index (χ1) is 8.78. The van der Waals surface area contributed by atoms with Gasteiger partial charge in [-0.15, -0.1) is 0 Å². The third-order valence-corrected chi connectivity index (χ3v) is 3.90. The Morgan fingerprint density at radius 1 is 1.17 bits per heavy atom. The molecule has 0 saturated carbocycles. The quantitative estimate of drug-likeness (QED) is 0.822. The second-order valence-electron chi connectivity index (χ2n) is 5.10. The van der Waals surface area contributed by atoms with Crippen LogP contribution < -0.4 is 5.32 Å². The van der Waals surface area contributed by atoms with E-state index in [9.17, 15) is 0 Å². The Balaban J connectivity index is 1.91. The Kier molecular flexibility index (Phi) is 2.83. The van der Waals surface area contributed by atoms with E-state index in [-0.39, 0.29) is 0 Å². The maximum Gasteiger partial charge on any atom is 0.0557 e. The van der Waals surface area contributed by atoms with E-state index in [0.29, 0.717) is 6.04 Å². The molecule has 0 aliphatic carbocycles. The van der Waals surface area contributed by atoms with E-state index >= 15 is 0 Å². The van der Waals surface area contributed by atoms with E-state index in [4.69, 9.17) is 0 Å². The highest BCUT2D eigenvalue weighted by Gasteiger charge is 2.22. The van der Waals surface area contributed by atoms with Crippen LogP contribution in [0.4, 0.5) is 5.69 Å². The summed E-state index contributed by atoms with van der Waals surface area (Å²) in [6.45, 7) is 4.40. The molecule has 92 valence electrons. The molecule has 0 saturated heterocycles. The normalized spacial score (nSPS) is 17.3. The van der Waals surface area contributed by atoms with Gasteiger partial charge in [0.1, 0.15) is 0 Å². The van der Waals surface area contributed by atoms with Crippen molar-refractivity contribution in [2.45, 2.75) is 32.7 Å². The molecule has 0 amide bonds. The van der Waals surface area contributed by atoms with Gasteiger partial charge in [0.05, 0.1) is 6.04 Å². The lowest BCUT2D eigenvalue weighted by atomic mass is 9.98. The average Bonchev–Trinajstić information content (AvgIpc) is 2.81. The lowest BCUT2D eigenvalue weighted by Crippen LogP contribution is -2.07. The monoisotopic (exact) mass is 237 g/mol. The topological polar surface area (TPSA) is 12.0 Å². The van der Waals surface area contributed by atoms with Gasteiger partial charge >= 0.3 is 0 Å². The highest BCUT2D eigenvalue weighted by atomic mass is 14.9. The first-order valence-corrected chi connectivity index (χ1v) is 6.72. The average molecular weight is 237 g/mol. The van der Waals surface area contributed by atoms with E-state index in [1.54, 1.807) is 0 Å². The van der Waals surface area contributed by atoms with Crippen molar-refractivity contribution in [3.8, 4) is 0 Å². The minimum absolute atomic E-state index is 0.438. The zero-order chi connectivity index (χ0) is 12.5. The molecule has 1 aliphatic rings. The summed E-state index contributed by atoms with van der Waals surface area (Å²) in [6.07, 6.45) is 2.22. The highest BCUT2D eigenvalue weighted by Crippen LogP contribution is 2.35. The van der Waals surface area contributed by atoms with Crippen molar-refractivity contribution in [1.29, 1.82) is 0 Å². The molecular weight excluding hydrogens is 218 g/mol. The first kappa shape index (κ1) is 11.3. The molecule has 0 radical (unpaired) electrons. The Hall–Kier alpha value is -1.76. The molecule has 0 bridgehead atoms. The van der Waals surface area contributed by atoms with Crippen molar-refractivity contribution in [2.75, 3.05) is 5.32 Å². The van der Waals surface area contributed by atoms with Gasteiger partial charge < -0.3 is 5.32 Å². The first-order valence-electron chi connectivity index (χ1n) is 6.72. The molecular formula is C17H19N. The van der Waals surface area contributed by atoms with Crippen molar-refractivity contribution >= 4 is 5.69 Å². The molecule has 1 heterocycles. The van der Waals surface area contributed by atoms with Crippen LogP contribution in [0.25, 0.3) is 0 Å². The maximum atomic E-state index is 3.64. The summed E-state index contributed by atoms with van der Waals surface area (Å²) in [4.78, 5) is 0. The SMILES string of the molecule is CCc1ccc2c(c1)CC(c1ccccc1C)N2. The van der Waals surface area contributed by atoms with Crippen LogP contribution in [0.1, 0.15) is 35.2 Å². The molecule has 1 aliphatic heterocycles. The van der Waals surface area contributed by atoms with Crippen molar-refractivity contribution in [2.24, 2.45) is 0 Å². The molecule has 2 aromatic carbocycles. The molecule has 1 nitrogen and oxygen atoms in total. The van der Waals surface area contributed by atoms with Gasteiger partial charge in [0, 0.05) is 5.69 Å². The Morgan fingerprint density at radius 2 is 2.00 bits per heavy atom. The number of benzene rings is 2. The zero-order valence-corrected chi connectivity index (χ0v) is 11.0. The summed E-state index contributed by atoms with van der Waals surface area (Å²) in [7, 11) is 0. The van der Waals surface area contributed by atoms with Gasteiger partial charge in [0.25, 0.3) is 0 Å². The summed E-state index contributed by atoms with van der Waals surface area (Å²) in [5, 5.41) is 3.64. The van der Waals surface area contributed by atoms with E-state index in [1.165, 1.54) is 27.9 Å². The predicted octanol–water partition coefficient (Wildman–Crippen LogP) is 4.27. The Morgan fingerprint density at radius 3 is 2.78 bits per heavy atom. The molecule has 18 heavy (non-hydrogen) atoms. The van der Waals surface area contributed by atoms with Crippen molar-refractivity contribution in [3.05, 3.63) is 64.7 Å². The number of fused-ring (bicyclic) bond motifs is 1. The molecule has 2 aromatic rings. The number of hydrogen-bond donors (Lipinski definition) is 1. The van der Waals surface area contributed by atoms with Gasteiger partial charge in [0.15, 0.2) is 0 Å². The van der Waals surface area contributed by atoms with Gasteiger partial charge in [-0.05, 0) is 48.1 Å². The highest BCUT2D eigenvalue weighted by molar-refractivity contribution is 5.59. The van der Waals surface area contributed by atoms with Crippen LogP contribution >= 0.6 is 0 Å². The van der Waals surface area contributed by atoms with Gasteiger partial charge in [-0.3, -0.25) is 0 Å². The third-order valence-electron chi connectivity index (χ3n) is 3.90. The summed E-state index contributed by atoms with van der Waals surface area (Å²) in [5.74, 6) is 0. The van der Waals surface area contributed by atoms with E-state index < -0.39 is 0 Å². The second kappa shape index (κ2) is 4.49. The molecule has 1 unspecified atom stereocenters. The number of rotatable bonds is 2. The van der Waals surface area contributed by atoms with Gasteiger partial charge in [-0.25, -0.2) is 0 Å². The van der Waals surface area contributed by atoms with Crippen molar-refractivity contribution < 1.29 is 0 Å². The smallest absolute Gasteiger partial charge is 0.0557 e. The van der Waals surface area contributed by atoms with Gasteiger partial charge in [-0.2, -0.15) is 0 Å². The maximum absolute atomic E-state index is 3.64. The largest absolute Gasteiger partial charge is 0.378 e. The number of hydrogen-bond acceptors (Lipinski definition) is 1. The summed E-state index contributed by atoms with van der Waals surface area (Å²) < 4.78 is 0. The van der Waals surface area contributed by atoms with Crippen molar-refractivity contribution in [3.63, 3.8) is 0 Å². The lowest BCUT2D eigenvalue weighted by molar-refractivity contribution is 0.815. The van der Waals surface area contributed by atoms with E-state index in [0.717, 1.165) is 12.8 Å². The Labute approximate surface area is 109 Å². The lowest BCUT2D eigenvalue weighted by Gasteiger charge is -2.14. The summed E-state index contributed by atoms with van der Waals surface area (Å²) in [6, 6.07) is 15.9. The number of aryl methyl sites for hydroxylation is 2. The standard InChI is InChI=1S/C17H19N/c1-3-13-8-9-16-14(10-13)11-17(18-16)15-7-5-4-6-12(15)2/h4-10,17-18H,3,11H2,1-2H3. The molecule has 1 atom stereocenters. The van der Waals surface area contributed by atoms with Crippen LogP contribution in [0.2, 0.25) is 0 Å². The fraction of sp³-hybridized carbons (Fsp3) is 0.294. The summed E-state index contributed by atoms with van der Waals surface area (Å²) >= 11 is 0. The number of nitrogens with one attached hydrogen (secondary N) is 1. The Bertz CT molecular complexity index is 572. The molecule has 0 fully saturated rings. The zero-order valence-electron chi connectivity index (χ0n) is 11.0. The minimum atomic E-state index is 0.438. The number of anilines is 1. The molecule has 0 aromatic heterocycles.